The monoisotopic (exact) mass is 446 g/mol. The average molecular weight is 447 g/mol. The van der Waals surface area contributed by atoms with E-state index in [0.717, 1.165) is 48.6 Å². The number of aromatic nitrogens is 5. The number of rotatable bonds is 6. The van der Waals surface area contributed by atoms with Gasteiger partial charge in [-0.1, -0.05) is 30.0 Å². The second kappa shape index (κ2) is 9.19. The van der Waals surface area contributed by atoms with E-state index in [1.165, 1.54) is 12.1 Å². The van der Waals surface area contributed by atoms with E-state index in [-0.39, 0.29) is 0 Å². The zero-order valence-corrected chi connectivity index (χ0v) is 17.7. The molecule has 1 aromatic carbocycles. The van der Waals surface area contributed by atoms with Gasteiger partial charge < -0.3 is 4.57 Å². The first-order chi connectivity index (χ1) is 14.9. The molecule has 1 aliphatic rings. The van der Waals surface area contributed by atoms with Crippen LogP contribution in [0.4, 0.5) is 13.2 Å². The number of thioether (sulfide) groups is 1. The Balaban J connectivity index is 1.31. The van der Waals surface area contributed by atoms with Crippen molar-refractivity contribution in [2.45, 2.75) is 17.8 Å². The summed E-state index contributed by atoms with van der Waals surface area (Å²) in [6.07, 6.45) is 3.32. The lowest BCUT2D eigenvalue weighted by Crippen LogP contribution is -2.30. The van der Waals surface area contributed by atoms with Crippen LogP contribution in [0, 0.1) is 0 Å². The minimum atomic E-state index is -4.32. The summed E-state index contributed by atoms with van der Waals surface area (Å²) in [6, 6.07) is 5.56. The third-order valence-corrected chi connectivity index (χ3v) is 6.12. The lowest BCUT2D eigenvalue weighted by molar-refractivity contribution is -0.137. The van der Waals surface area contributed by atoms with Crippen molar-refractivity contribution in [1.82, 2.24) is 29.6 Å². The molecule has 4 rings (SSSR count). The molecule has 1 aliphatic heterocycles. The Labute approximate surface area is 182 Å². The van der Waals surface area contributed by atoms with Crippen molar-refractivity contribution in [3.8, 4) is 11.5 Å². The Bertz CT molecular complexity index is 1060. The molecule has 31 heavy (non-hydrogen) atoms. The van der Waals surface area contributed by atoms with E-state index in [4.69, 9.17) is 0 Å². The highest BCUT2D eigenvalue weighted by Crippen LogP contribution is 2.32. The minimum Gasteiger partial charge on any atom is -0.304 e. The molecule has 0 fully saturated rings. The van der Waals surface area contributed by atoms with Crippen molar-refractivity contribution in [3.05, 3.63) is 60.1 Å². The van der Waals surface area contributed by atoms with Gasteiger partial charge in [0.05, 0.1) is 11.8 Å². The maximum absolute atomic E-state index is 13.0. The van der Waals surface area contributed by atoms with Crippen LogP contribution < -0.4 is 0 Å². The fourth-order valence-corrected chi connectivity index (χ4v) is 4.33. The number of nitrogens with zero attached hydrogens (tertiary/aromatic N) is 6. The van der Waals surface area contributed by atoms with Crippen LogP contribution in [-0.4, -0.2) is 55.0 Å². The van der Waals surface area contributed by atoms with Gasteiger partial charge in [0.2, 0.25) is 0 Å². The molecule has 3 aromatic rings. The SMILES string of the molecule is Cn1c(SCCN2CC=C(c3cccc(C(F)(F)F)c3)CC2)nnc1-c1cnccn1. The molecule has 0 saturated heterocycles. The standard InChI is InChI=1S/C21H21F3N6S/c1-29-19(18-14-25-7-8-26-18)27-28-20(29)31-12-11-30-9-5-15(6-10-30)16-3-2-4-17(13-16)21(22,23)24/h2-5,7-8,13-14H,6,9-12H2,1H3. The molecular formula is C21H21F3N6S. The van der Waals surface area contributed by atoms with Gasteiger partial charge in [-0.3, -0.25) is 9.88 Å². The smallest absolute Gasteiger partial charge is 0.304 e. The number of benzene rings is 1. The van der Waals surface area contributed by atoms with Gasteiger partial charge in [0.25, 0.3) is 0 Å². The van der Waals surface area contributed by atoms with Gasteiger partial charge in [-0.05, 0) is 29.7 Å². The molecule has 0 aliphatic carbocycles. The minimum absolute atomic E-state index is 0.603. The van der Waals surface area contributed by atoms with Crippen LogP contribution in [0.5, 0.6) is 0 Å². The molecule has 162 valence electrons. The van der Waals surface area contributed by atoms with Gasteiger partial charge in [0, 0.05) is 44.8 Å². The van der Waals surface area contributed by atoms with Crippen LogP contribution >= 0.6 is 11.8 Å². The summed E-state index contributed by atoms with van der Waals surface area (Å²) < 4.78 is 40.8. The highest BCUT2D eigenvalue weighted by atomic mass is 32.2. The van der Waals surface area contributed by atoms with E-state index in [9.17, 15) is 13.2 Å². The number of hydrogen-bond acceptors (Lipinski definition) is 6. The van der Waals surface area contributed by atoms with Crippen molar-refractivity contribution in [2.24, 2.45) is 7.05 Å². The quantitative estimate of drug-likeness (QED) is 0.530. The third kappa shape index (κ3) is 5.13. The first kappa shape index (κ1) is 21.5. The molecule has 0 radical (unpaired) electrons. The normalized spacial score (nSPS) is 15.2. The summed E-state index contributed by atoms with van der Waals surface area (Å²) >= 11 is 1.61. The van der Waals surface area contributed by atoms with Gasteiger partial charge in [-0.2, -0.15) is 13.2 Å². The molecule has 0 N–H and O–H groups in total. The van der Waals surface area contributed by atoms with E-state index >= 15 is 0 Å². The molecule has 0 bridgehead atoms. The Morgan fingerprint density at radius 2 is 2.03 bits per heavy atom. The Morgan fingerprint density at radius 1 is 1.16 bits per heavy atom. The van der Waals surface area contributed by atoms with E-state index in [2.05, 4.69) is 25.1 Å². The highest BCUT2D eigenvalue weighted by molar-refractivity contribution is 7.99. The largest absolute Gasteiger partial charge is 0.416 e. The third-order valence-electron chi connectivity index (χ3n) is 5.12. The lowest BCUT2D eigenvalue weighted by Gasteiger charge is -2.26. The summed E-state index contributed by atoms with van der Waals surface area (Å²) in [5.41, 5.74) is 1.69. The van der Waals surface area contributed by atoms with Crippen LogP contribution in [0.3, 0.4) is 0 Å². The van der Waals surface area contributed by atoms with Crippen LogP contribution in [0.1, 0.15) is 17.5 Å². The molecule has 0 unspecified atom stereocenters. The number of hydrogen-bond donors (Lipinski definition) is 0. The molecule has 0 spiro atoms. The molecule has 2 aromatic heterocycles. The van der Waals surface area contributed by atoms with Crippen LogP contribution in [0.25, 0.3) is 17.1 Å². The van der Waals surface area contributed by atoms with Crippen molar-refractivity contribution in [2.75, 3.05) is 25.4 Å². The van der Waals surface area contributed by atoms with Gasteiger partial charge >= 0.3 is 6.18 Å². The predicted octanol–water partition coefficient (Wildman–Crippen LogP) is 4.17. The molecule has 10 heteroatoms. The van der Waals surface area contributed by atoms with Gasteiger partial charge in [0.1, 0.15) is 5.69 Å². The fraction of sp³-hybridized carbons (Fsp3) is 0.333. The van der Waals surface area contributed by atoms with E-state index < -0.39 is 11.7 Å². The zero-order valence-electron chi connectivity index (χ0n) is 16.9. The Hall–Kier alpha value is -2.72. The second-order valence-corrected chi connectivity index (χ2v) is 8.22. The van der Waals surface area contributed by atoms with Crippen molar-refractivity contribution >= 4 is 17.3 Å². The molecular weight excluding hydrogens is 425 g/mol. The average Bonchev–Trinajstić information content (AvgIpc) is 3.15. The summed E-state index contributed by atoms with van der Waals surface area (Å²) in [4.78, 5) is 10.6. The van der Waals surface area contributed by atoms with Gasteiger partial charge in [-0.25, -0.2) is 4.98 Å². The Morgan fingerprint density at radius 3 is 2.74 bits per heavy atom. The van der Waals surface area contributed by atoms with Crippen molar-refractivity contribution in [3.63, 3.8) is 0 Å². The van der Waals surface area contributed by atoms with Crippen molar-refractivity contribution < 1.29 is 13.2 Å². The van der Waals surface area contributed by atoms with Crippen LogP contribution in [0.2, 0.25) is 0 Å². The molecule has 3 heterocycles. The summed E-state index contributed by atoms with van der Waals surface area (Å²) in [5, 5.41) is 9.25. The fourth-order valence-electron chi connectivity index (χ4n) is 3.42. The second-order valence-electron chi connectivity index (χ2n) is 7.16. The maximum atomic E-state index is 13.0. The Kier molecular flexibility index (Phi) is 6.38. The predicted molar refractivity (Wildman–Crippen MR) is 113 cm³/mol. The summed E-state index contributed by atoms with van der Waals surface area (Å²) in [7, 11) is 1.90. The number of alkyl halides is 3. The maximum Gasteiger partial charge on any atom is 0.416 e. The molecule has 0 atom stereocenters. The zero-order chi connectivity index (χ0) is 21.8. The highest BCUT2D eigenvalue weighted by Gasteiger charge is 2.30. The first-order valence-corrected chi connectivity index (χ1v) is 10.8. The van der Waals surface area contributed by atoms with Crippen LogP contribution in [-0.2, 0) is 13.2 Å². The molecule has 6 nitrogen and oxygen atoms in total. The molecule has 0 saturated carbocycles. The lowest BCUT2D eigenvalue weighted by atomic mass is 9.97. The van der Waals surface area contributed by atoms with E-state index in [1.54, 1.807) is 36.4 Å². The van der Waals surface area contributed by atoms with Crippen molar-refractivity contribution in [1.29, 1.82) is 0 Å². The van der Waals surface area contributed by atoms with Gasteiger partial charge in [0.15, 0.2) is 11.0 Å². The number of halogens is 3. The van der Waals surface area contributed by atoms with Crippen LogP contribution in [0.15, 0.2) is 54.1 Å². The topological polar surface area (TPSA) is 59.7 Å². The molecule has 0 amide bonds. The summed E-state index contributed by atoms with van der Waals surface area (Å²) in [5.74, 6) is 1.50. The van der Waals surface area contributed by atoms with Gasteiger partial charge in [-0.15, -0.1) is 10.2 Å². The van der Waals surface area contributed by atoms with E-state index in [1.807, 2.05) is 17.7 Å². The summed E-state index contributed by atoms with van der Waals surface area (Å²) in [6.45, 7) is 2.38. The van der Waals surface area contributed by atoms with E-state index in [0.29, 0.717) is 17.1 Å². The first-order valence-electron chi connectivity index (χ1n) is 9.79.